The van der Waals surface area contributed by atoms with Gasteiger partial charge in [0.1, 0.15) is 11.6 Å². The Morgan fingerprint density at radius 1 is 0.913 bits per heavy atom. The molecule has 3 aliphatic heterocycles. The van der Waals surface area contributed by atoms with E-state index in [1.165, 1.54) is 11.3 Å². The molecule has 0 aliphatic carbocycles. The Hall–Kier alpha value is -7.50. The summed E-state index contributed by atoms with van der Waals surface area (Å²) in [6.45, 7) is 5.33. The molecule has 7 aromatic rings. The molecule has 3 aromatic heterocycles. The molecule has 1 unspecified atom stereocenters. The second-order valence-electron chi connectivity index (χ2n) is 18.0. The van der Waals surface area contributed by atoms with Crippen molar-refractivity contribution in [2.24, 2.45) is 13.0 Å². The third kappa shape index (κ3) is 9.52. The number of hydrogen-bond acceptors (Lipinski definition) is 12. The zero-order chi connectivity index (χ0) is 47.8. The van der Waals surface area contributed by atoms with Crippen LogP contribution in [0.25, 0.3) is 32.2 Å². The van der Waals surface area contributed by atoms with E-state index in [0.717, 1.165) is 75.7 Å². The van der Waals surface area contributed by atoms with Crippen molar-refractivity contribution in [3.05, 3.63) is 125 Å². The first-order valence-corrected chi connectivity index (χ1v) is 24.1. The van der Waals surface area contributed by atoms with Gasteiger partial charge in [0.25, 0.3) is 5.91 Å². The lowest BCUT2D eigenvalue weighted by atomic mass is 9.93. The molecule has 4 aromatic carbocycles. The molecule has 69 heavy (non-hydrogen) atoms. The highest BCUT2D eigenvalue weighted by Crippen LogP contribution is 2.36. The Kier molecular flexibility index (Phi) is 12.6. The number of nitrogens with one attached hydrogen (secondary N) is 3. The molecule has 4 N–H and O–H groups in total. The highest BCUT2D eigenvalue weighted by Gasteiger charge is 2.32. The summed E-state index contributed by atoms with van der Waals surface area (Å²) in [6, 6.07) is 28.3. The van der Waals surface area contributed by atoms with Crippen LogP contribution < -0.4 is 25.6 Å². The third-order valence-corrected chi connectivity index (χ3v) is 14.4. The smallest absolute Gasteiger partial charge is 0.355 e. The van der Waals surface area contributed by atoms with Crippen molar-refractivity contribution in [1.82, 2.24) is 30.0 Å². The lowest BCUT2D eigenvalue weighted by Gasteiger charge is -2.31. The standard InChI is InChI=1S/C52H51N9O7S/c1-30-34(35-17-19-44(55-48(35)51(66)67)61-24-22-32-9-5-11-36(39(32)28-61)49(64)57-52-54-40-12-3-4-14-43(40)69-52)10-6-13-42(30)68-25-7-8-31-21-23-60(27-31)29-46(63)53-33-15-16-37-41(26-33)59(2)58-47(37)38-18-20-45(62)56-50(38)65/h3-6,9-17,19,26,31,38H,7-8,18,20-25,27-29H2,1-2H3,(H,53,63)(H,66,67)(H,54,57,64)(H,56,62,65)/t31-,38?/m1/s1. The summed E-state index contributed by atoms with van der Waals surface area (Å²) in [5.74, 6) is -0.963. The van der Waals surface area contributed by atoms with Gasteiger partial charge in [0.05, 0.1) is 40.5 Å². The number of carboxylic acids is 1. The quantitative estimate of drug-likeness (QED) is 0.0613. The number of rotatable bonds is 14. The third-order valence-electron chi connectivity index (χ3n) is 13.5. The van der Waals surface area contributed by atoms with Crippen molar-refractivity contribution in [3.8, 4) is 16.9 Å². The molecule has 4 amide bonds. The van der Waals surface area contributed by atoms with E-state index in [4.69, 9.17) is 9.72 Å². The van der Waals surface area contributed by atoms with Crippen molar-refractivity contribution >= 4 is 78.7 Å². The van der Waals surface area contributed by atoms with E-state index in [1.54, 1.807) is 11.7 Å². The van der Waals surface area contributed by atoms with E-state index in [9.17, 15) is 29.1 Å². The van der Waals surface area contributed by atoms with E-state index in [0.29, 0.717) is 77.7 Å². The molecule has 17 heteroatoms. The van der Waals surface area contributed by atoms with Crippen molar-refractivity contribution in [3.63, 3.8) is 0 Å². The number of ether oxygens (including phenoxy) is 1. The number of aryl methyl sites for hydroxylation is 1. The first kappa shape index (κ1) is 45.3. The fourth-order valence-electron chi connectivity index (χ4n) is 9.97. The molecule has 10 rings (SSSR count). The van der Waals surface area contributed by atoms with E-state index in [1.807, 2.05) is 103 Å². The summed E-state index contributed by atoms with van der Waals surface area (Å²) in [5, 5.41) is 24.8. The average Bonchev–Trinajstić information content (AvgIpc) is 4.06. The minimum Gasteiger partial charge on any atom is -0.493 e. The minimum absolute atomic E-state index is 0.0602. The van der Waals surface area contributed by atoms with Gasteiger partial charge < -0.3 is 20.1 Å². The van der Waals surface area contributed by atoms with E-state index in [-0.39, 0.29) is 42.3 Å². The number of carboxylic acid groups (broad SMARTS) is 1. The molecule has 6 heterocycles. The molecule has 0 radical (unpaired) electrons. The molecular formula is C52H51N9O7S. The molecular weight excluding hydrogens is 895 g/mol. The molecule has 3 aliphatic rings. The van der Waals surface area contributed by atoms with Crippen LogP contribution in [0.3, 0.4) is 0 Å². The number of aromatic carboxylic acids is 1. The van der Waals surface area contributed by atoms with Gasteiger partial charge in [0.2, 0.25) is 17.7 Å². The summed E-state index contributed by atoms with van der Waals surface area (Å²) in [6.07, 6.45) is 4.10. The minimum atomic E-state index is -1.14. The van der Waals surface area contributed by atoms with Crippen molar-refractivity contribution < 1.29 is 33.8 Å². The summed E-state index contributed by atoms with van der Waals surface area (Å²) >= 11 is 1.42. The highest BCUT2D eigenvalue weighted by molar-refractivity contribution is 7.22. The fourth-order valence-corrected chi connectivity index (χ4v) is 10.8. The van der Waals surface area contributed by atoms with Crippen LogP contribution in [0.1, 0.15) is 81.3 Å². The number of para-hydroxylation sites is 1. The van der Waals surface area contributed by atoms with Crippen LogP contribution in [0, 0.1) is 12.8 Å². The number of fused-ring (bicyclic) bond motifs is 3. The number of carbonyl (C=O) groups is 5. The fraction of sp³-hybridized carbons (Fsp3) is 0.308. The number of benzene rings is 4. The number of nitrogens with zero attached hydrogens (tertiary/aromatic N) is 6. The van der Waals surface area contributed by atoms with E-state index >= 15 is 0 Å². The average molecular weight is 946 g/mol. The second kappa shape index (κ2) is 19.2. The van der Waals surface area contributed by atoms with Crippen molar-refractivity contribution in [2.75, 3.05) is 48.3 Å². The van der Waals surface area contributed by atoms with Gasteiger partial charge in [-0.1, -0.05) is 47.7 Å². The number of imide groups is 1. The van der Waals surface area contributed by atoms with E-state index in [2.05, 4.69) is 30.9 Å². The maximum Gasteiger partial charge on any atom is 0.355 e. The van der Waals surface area contributed by atoms with Gasteiger partial charge in [-0.25, -0.2) is 14.8 Å². The first-order chi connectivity index (χ1) is 33.4. The Balaban J connectivity index is 0.725. The second-order valence-corrected chi connectivity index (χ2v) is 19.1. The normalized spacial score (nSPS) is 17.2. The zero-order valence-electron chi connectivity index (χ0n) is 38.3. The van der Waals surface area contributed by atoms with Crippen LogP contribution in [0.15, 0.2) is 91.0 Å². The molecule has 0 bridgehead atoms. The predicted octanol–water partition coefficient (Wildman–Crippen LogP) is 7.71. The van der Waals surface area contributed by atoms with Gasteiger partial charge in [-0.15, -0.1) is 0 Å². The number of anilines is 3. The number of aromatic nitrogens is 4. The summed E-state index contributed by atoms with van der Waals surface area (Å²) in [7, 11) is 1.80. The molecule has 2 saturated heterocycles. The molecule has 16 nitrogen and oxygen atoms in total. The largest absolute Gasteiger partial charge is 0.493 e. The monoisotopic (exact) mass is 945 g/mol. The van der Waals surface area contributed by atoms with Gasteiger partial charge in [-0.3, -0.25) is 39.4 Å². The van der Waals surface area contributed by atoms with Crippen LogP contribution in [0.4, 0.5) is 16.6 Å². The summed E-state index contributed by atoms with van der Waals surface area (Å²) in [5.41, 5.74) is 7.37. The van der Waals surface area contributed by atoms with Gasteiger partial charge in [0, 0.05) is 55.3 Å². The zero-order valence-corrected chi connectivity index (χ0v) is 39.1. The number of thiazole rings is 1. The Morgan fingerprint density at radius 2 is 1.77 bits per heavy atom. The number of pyridine rings is 1. The summed E-state index contributed by atoms with van der Waals surface area (Å²) in [4.78, 5) is 77.3. The molecule has 2 fully saturated rings. The number of hydrogen-bond donors (Lipinski definition) is 4. The first-order valence-electron chi connectivity index (χ1n) is 23.3. The van der Waals surface area contributed by atoms with Crippen LogP contribution in [-0.2, 0) is 34.4 Å². The number of carbonyl (C=O) groups excluding carboxylic acids is 4. The summed E-state index contributed by atoms with van der Waals surface area (Å²) < 4.78 is 9.00. The van der Waals surface area contributed by atoms with Crippen molar-refractivity contribution in [1.29, 1.82) is 0 Å². The Bertz CT molecular complexity index is 3150. The van der Waals surface area contributed by atoms with Gasteiger partial charge in [0.15, 0.2) is 10.8 Å². The molecule has 0 saturated carbocycles. The maximum absolute atomic E-state index is 13.6. The number of amides is 4. The molecule has 0 spiro atoms. The topological polar surface area (TPSA) is 201 Å². The van der Waals surface area contributed by atoms with Crippen LogP contribution in [0.5, 0.6) is 5.75 Å². The number of piperidine rings is 1. The van der Waals surface area contributed by atoms with E-state index < -0.39 is 11.9 Å². The van der Waals surface area contributed by atoms with Crippen LogP contribution in [-0.4, -0.2) is 92.1 Å². The maximum atomic E-state index is 13.6. The Labute approximate surface area is 401 Å². The lowest BCUT2D eigenvalue weighted by molar-refractivity contribution is -0.134. The van der Waals surface area contributed by atoms with Crippen LogP contribution in [0.2, 0.25) is 0 Å². The number of likely N-dealkylation sites (tertiary alicyclic amines) is 1. The van der Waals surface area contributed by atoms with Gasteiger partial charge >= 0.3 is 5.97 Å². The SMILES string of the molecule is Cc1c(OCCC[C@@H]2CCN(CC(=O)Nc3ccc4c(C5CCC(=O)NC5=O)nn(C)c4c3)C2)cccc1-c1ccc(N2CCc3cccc(C(=O)Nc4nc5ccccc5s4)c3C2)nc1C(=O)O. The lowest BCUT2D eigenvalue weighted by Crippen LogP contribution is -2.39. The Morgan fingerprint density at radius 3 is 2.61 bits per heavy atom. The van der Waals surface area contributed by atoms with Gasteiger partial charge in [-0.2, -0.15) is 5.10 Å². The molecule has 352 valence electrons. The highest BCUT2D eigenvalue weighted by atomic mass is 32.1. The van der Waals surface area contributed by atoms with Gasteiger partial charge in [-0.05, 0) is 128 Å². The van der Waals surface area contributed by atoms with Crippen LogP contribution >= 0.6 is 11.3 Å². The molecule has 2 atom stereocenters. The predicted molar refractivity (Wildman–Crippen MR) is 264 cm³/mol. The van der Waals surface area contributed by atoms with Crippen molar-refractivity contribution in [2.45, 2.75) is 57.9 Å².